The van der Waals surface area contributed by atoms with E-state index in [0.29, 0.717) is 11.6 Å². The number of esters is 1. The molecule has 0 aliphatic heterocycles. The van der Waals surface area contributed by atoms with Crippen LogP contribution in [-0.2, 0) is 4.74 Å². The highest BCUT2D eigenvalue weighted by molar-refractivity contribution is 6.35. The Morgan fingerprint density at radius 2 is 1.55 bits per heavy atom. The minimum Gasteiger partial charge on any atom is -0.456 e. The zero-order valence-electron chi connectivity index (χ0n) is 19.1. The molecule has 0 aliphatic carbocycles. The highest BCUT2D eigenvalue weighted by Gasteiger charge is 2.35. The van der Waals surface area contributed by atoms with Crippen molar-refractivity contribution in [1.82, 2.24) is 0 Å². The first kappa shape index (κ1) is 28.5. The Balaban J connectivity index is 0.00000265. The molecule has 2 rings (SSSR count). The van der Waals surface area contributed by atoms with Crippen molar-refractivity contribution in [3.63, 3.8) is 0 Å². The topological polar surface area (TPSA) is 58.9 Å². The van der Waals surface area contributed by atoms with Crippen molar-refractivity contribution in [2.45, 2.75) is 53.3 Å². The number of hydrogen-bond donors (Lipinski definition) is 1. The lowest BCUT2D eigenvalue weighted by Crippen LogP contribution is -2.24. The second-order valence-corrected chi connectivity index (χ2v) is 8.60. The van der Waals surface area contributed by atoms with Gasteiger partial charge in [0.15, 0.2) is 0 Å². The van der Waals surface area contributed by atoms with E-state index in [1.807, 2.05) is 13.8 Å². The van der Waals surface area contributed by atoms with E-state index in [9.17, 15) is 23.2 Å². The standard InChI is InChI=1S/C22H20Cl2F3NO3.C2H6/c1-12-7-13(5-6-17(12)20(29)31-21(2,3)4)19(28-30)11-18(22(25,26)27)14-8-15(23)10-16(24)9-14;1-2/h5-11,30H,1-4H3;1-2H3/b18-11-,28-19-;. The summed E-state index contributed by atoms with van der Waals surface area (Å²) >= 11 is 11.7. The molecule has 9 heteroatoms. The van der Waals surface area contributed by atoms with Crippen molar-refractivity contribution in [3.8, 4) is 0 Å². The normalized spacial score (nSPS) is 12.7. The molecule has 4 nitrogen and oxygen atoms in total. The SMILES string of the molecule is CC.Cc1cc(C(/C=C(/c2cc(Cl)cc(Cl)c2)C(F)(F)F)=N\O)ccc1C(=O)OC(C)(C)C. The fraction of sp³-hybridized carbons (Fsp3) is 0.333. The Hall–Kier alpha value is -2.51. The van der Waals surface area contributed by atoms with Crippen LogP contribution in [0.2, 0.25) is 10.0 Å². The van der Waals surface area contributed by atoms with Gasteiger partial charge in [0.1, 0.15) is 11.3 Å². The number of carbonyl (C=O) groups is 1. The summed E-state index contributed by atoms with van der Waals surface area (Å²) in [5.74, 6) is -0.570. The highest BCUT2D eigenvalue weighted by atomic mass is 35.5. The molecule has 1 N–H and O–H groups in total. The van der Waals surface area contributed by atoms with Gasteiger partial charge in [-0.15, -0.1) is 0 Å². The van der Waals surface area contributed by atoms with Crippen molar-refractivity contribution < 1.29 is 27.9 Å². The zero-order chi connectivity index (χ0) is 25.6. The molecular weight excluding hydrogens is 478 g/mol. The number of nitrogens with zero attached hydrogens (tertiary/aromatic N) is 1. The Morgan fingerprint density at radius 3 is 1.97 bits per heavy atom. The Kier molecular flexibility index (Phi) is 10.00. The summed E-state index contributed by atoms with van der Waals surface area (Å²) in [5.41, 5.74) is -1.59. The zero-order valence-corrected chi connectivity index (χ0v) is 20.7. The van der Waals surface area contributed by atoms with Gasteiger partial charge in [0.25, 0.3) is 0 Å². The van der Waals surface area contributed by atoms with Crippen molar-refractivity contribution in [3.05, 3.63) is 74.8 Å². The summed E-state index contributed by atoms with van der Waals surface area (Å²) in [6.45, 7) is 10.8. The van der Waals surface area contributed by atoms with Gasteiger partial charge in [0.2, 0.25) is 0 Å². The molecule has 0 heterocycles. The maximum absolute atomic E-state index is 13.7. The van der Waals surface area contributed by atoms with Crippen LogP contribution in [0.3, 0.4) is 0 Å². The second-order valence-electron chi connectivity index (χ2n) is 7.73. The predicted molar refractivity (Wildman–Crippen MR) is 127 cm³/mol. The molecule has 0 saturated heterocycles. The number of allylic oxidation sites excluding steroid dienone is 2. The predicted octanol–water partition coefficient (Wildman–Crippen LogP) is 8.11. The summed E-state index contributed by atoms with van der Waals surface area (Å²) in [5, 5.41) is 12.5. The van der Waals surface area contributed by atoms with E-state index in [1.54, 1.807) is 27.7 Å². The Bertz CT molecular complexity index is 1040. The van der Waals surface area contributed by atoms with E-state index in [0.717, 1.165) is 12.1 Å². The van der Waals surface area contributed by atoms with Crippen LogP contribution in [0.5, 0.6) is 0 Å². The smallest absolute Gasteiger partial charge is 0.417 e. The molecule has 0 amide bonds. The number of oxime groups is 1. The largest absolute Gasteiger partial charge is 0.456 e. The maximum atomic E-state index is 13.7. The van der Waals surface area contributed by atoms with Crippen LogP contribution >= 0.6 is 23.2 Å². The van der Waals surface area contributed by atoms with Crippen LogP contribution in [0.25, 0.3) is 5.57 Å². The molecule has 0 atom stereocenters. The number of benzene rings is 2. The van der Waals surface area contributed by atoms with E-state index >= 15 is 0 Å². The number of hydrogen-bond acceptors (Lipinski definition) is 4. The van der Waals surface area contributed by atoms with Crippen LogP contribution < -0.4 is 0 Å². The minimum absolute atomic E-state index is 0.0256. The number of carbonyl (C=O) groups excluding carboxylic acids is 1. The van der Waals surface area contributed by atoms with Gasteiger partial charge in [0.05, 0.1) is 11.1 Å². The second kappa shape index (κ2) is 11.6. The number of ether oxygens (including phenoxy) is 1. The lowest BCUT2D eigenvalue weighted by molar-refractivity contribution is -0.0688. The highest BCUT2D eigenvalue weighted by Crippen LogP contribution is 2.36. The molecule has 2 aromatic carbocycles. The molecule has 0 aromatic heterocycles. The first-order valence-electron chi connectivity index (χ1n) is 10.0. The van der Waals surface area contributed by atoms with Gasteiger partial charge in [-0.25, -0.2) is 4.79 Å². The van der Waals surface area contributed by atoms with Gasteiger partial charge >= 0.3 is 12.1 Å². The molecule has 2 aromatic rings. The Morgan fingerprint density at radius 1 is 1.00 bits per heavy atom. The quantitative estimate of drug-likeness (QED) is 0.198. The van der Waals surface area contributed by atoms with E-state index in [4.69, 9.17) is 27.9 Å². The van der Waals surface area contributed by atoms with E-state index < -0.39 is 23.3 Å². The van der Waals surface area contributed by atoms with Gasteiger partial charge in [-0.05, 0) is 75.2 Å². The van der Waals surface area contributed by atoms with Crippen molar-refractivity contribution in [2.75, 3.05) is 0 Å². The first-order valence-corrected chi connectivity index (χ1v) is 10.8. The molecule has 0 aliphatic rings. The third-order valence-corrected chi connectivity index (χ3v) is 4.45. The summed E-state index contributed by atoms with van der Waals surface area (Å²) in [6, 6.07) is 7.74. The van der Waals surface area contributed by atoms with Gasteiger partial charge < -0.3 is 9.94 Å². The van der Waals surface area contributed by atoms with Crippen LogP contribution in [0.15, 0.2) is 47.6 Å². The van der Waals surface area contributed by atoms with E-state index in [1.165, 1.54) is 24.3 Å². The van der Waals surface area contributed by atoms with Crippen molar-refractivity contribution in [1.29, 1.82) is 0 Å². The number of alkyl halides is 3. The fourth-order valence-corrected chi connectivity index (χ4v) is 3.26. The van der Waals surface area contributed by atoms with E-state index in [-0.39, 0.29) is 32.4 Å². The number of aryl methyl sites for hydroxylation is 1. The van der Waals surface area contributed by atoms with E-state index in [2.05, 4.69) is 5.16 Å². The Labute approximate surface area is 201 Å². The molecule has 33 heavy (non-hydrogen) atoms. The van der Waals surface area contributed by atoms with Gasteiger partial charge in [-0.3, -0.25) is 0 Å². The van der Waals surface area contributed by atoms with Crippen molar-refractivity contribution in [2.24, 2.45) is 5.16 Å². The lowest BCUT2D eigenvalue weighted by Gasteiger charge is -2.20. The summed E-state index contributed by atoms with van der Waals surface area (Å²) in [6.07, 6.45) is -4.10. The monoisotopic (exact) mass is 503 g/mol. The van der Waals surface area contributed by atoms with Gasteiger partial charge in [0, 0.05) is 15.6 Å². The molecule has 0 radical (unpaired) electrons. The molecule has 0 fully saturated rings. The number of halogens is 5. The molecule has 180 valence electrons. The third-order valence-electron chi connectivity index (χ3n) is 4.01. The van der Waals surface area contributed by atoms with Crippen LogP contribution in [-0.4, -0.2) is 28.7 Å². The van der Waals surface area contributed by atoms with Crippen LogP contribution in [0.1, 0.15) is 61.7 Å². The fourth-order valence-electron chi connectivity index (χ4n) is 2.73. The summed E-state index contributed by atoms with van der Waals surface area (Å²) in [7, 11) is 0. The molecular formula is C24H26Cl2F3NO3. The molecule has 0 unspecified atom stereocenters. The third kappa shape index (κ3) is 8.41. The van der Waals surface area contributed by atoms with Gasteiger partial charge in [-0.1, -0.05) is 48.3 Å². The van der Waals surface area contributed by atoms with Crippen LogP contribution in [0.4, 0.5) is 13.2 Å². The average Bonchev–Trinajstić information content (AvgIpc) is 2.67. The van der Waals surface area contributed by atoms with Gasteiger partial charge in [-0.2, -0.15) is 13.2 Å². The average molecular weight is 504 g/mol. The molecule has 0 saturated carbocycles. The molecule has 0 spiro atoms. The maximum Gasteiger partial charge on any atom is 0.417 e. The van der Waals surface area contributed by atoms with Crippen LogP contribution in [0, 0.1) is 6.92 Å². The van der Waals surface area contributed by atoms with Crippen molar-refractivity contribution >= 4 is 40.5 Å². The summed E-state index contributed by atoms with van der Waals surface area (Å²) < 4.78 is 46.5. The lowest BCUT2D eigenvalue weighted by atomic mass is 9.98. The minimum atomic E-state index is -4.78. The first-order chi connectivity index (χ1) is 15.2. The summed E-state index contributed by atoms with van der Waals surface area (Å²) in [4.78, 5) is 12.3. The molecule has 0 bridgehead atoms. The number of rotatable bonds is 4.